The van der Waals surface area contributed by atoms with Gasteiger partial charge in [-0.15, -0.1) is 0 Å². The van der Waals surface area contributed by atoms with Crippen LogP contribution in [-0.2, 0) is 0 Å². The lowest BCUT2D eigenvalue weighted by Gasteiger charge is -2.17. The lowest BCUT2D eigenvalue weighted by Crippen LogP contribution is -1.96. The highest BCUT2D eigenvalue weighted by molar-refractivity contribution is 6.23. The monoisotopic (exact) mass is 750 g/mol. The second kappa shape index (κ2) is 13.4. The Morgan fingerprint density at radius 3 is 1.76 bits per heavy atom. The largest absolute Gasteiger partial charge is 0.455 e. The fourth-order valence-corrected chi connectivity index (χ4v) is 9.10. The van der Waals surface area contributed by atoms with Crippen molar-refractivity contribution in [2.45, 2.75) is 0 Å². The lowest BCUT2D eigenvalue weighted by atomic mass is 9.86. The first-order chi connectivity index (χ1) is 29.2. The fourth-order valence-electron chi connectivity index (χ4n) is 9.10. The molecule has 0 aliphatic carbocycles. The molecule has 3 heteroatoms. The first kappa shape index (κ1) is 33.3. The zero-order chi connectivity index (χ0) is 38.9. The molecule has 0 radical (unpaired) electrons. The summed E-state index contributed by atoms with van der Waals surface area (Å²) in [4.78, 5) is 10.3. The van der Waals surface area contributed by atoms with Gasteiger partial charge in [-0.25, -0.2) is 9.97 Å². The van der Waals surface area contributed by atoms with E-state index in [0.717, 1.165) is 55.6 Å². The maximum absolute atomic E-state index is 6.46. The van der Waals surface area contributed by atoms with Gasteiger partial charge in [-0.1, -0.05) is 182 Å². The number of hydrogen-bond acceptors (Lipinski definition) is 3. The maximum Gasteiger partial charge on any atom is 0.160 e. The third-order valence-electron chi connectivity index (χ3n) is 11.9. The summed E-state index contributed by atoms with van der Waals surface area (Å²) in [7, 11) is 0. The van der Waals surface area contributed by atoms with E-state index in [0.29, 0.717) is 5.82 Å². The van der Waals surface area contributed by atoms with E-state index in [4.69, 9.17) is 14.4 Å². The van der Waals surface area contributed by atoms with Gasteiger partial charge in [-0.05, 0) is 89.6 Å². The summed E-state index contributed by atoms with van der Waals surface area (Å²) in [6.45, 7) is 0. The minimum absolute atomic E-state index is 0.672. The molecule has 0 fully saturated rings. The molecule has 2 aromatic heterocycles. The Morgan fingerprint density at radius 2 is 0.932 bits per heavy atom. The molecule has 10 aromatic carbocycles. The van der Waals surface area contributed by atoms with Crippen molar-refractivity contribution in [3.05, 3.63) is 206 Å². The molecular formula is C56H34N2O. The van der Waals surface area contributed by atoms with E-state index >= 15 is 0 Å². The molecule has 0 bridgehead atoms. The van der Waals surface area contributed by atoms with Gasteiger partial charge in [0.2, 0.25) is 0 Å². The average molecular weight is 751 g/mol. The Labute approximate surface area is 340 Å². The summed E-state index contributed by atoms with van der Waals surface area (Å²) in [5.74, 6) is 0.672. The summed E-state index contributed by atoms with van der Waals surface area (Å²) in [5.41, 5.74) is 11.1. The van der Waals surface area contributed by atoms with Crippen LogP contribution < -0.4 is 0 Å². The van der Waals surface area contributed by atoms with Gasteiger partial charge in [-0.3, -0.25) is 0 Å². The van der Waals surface area contributed by atoms with E-state index in [2.05, 4.69) is 176 Å². The molecule has 0 amide bonds. The van der Waals surface area contributed by atoms with E-state index in [1.165, 1.54) is 59.8 Å². The minimum atomic E-state index is 0.672. The van der Waals surface area contributed by atoms with Crippen molar-refractivity contribution >= 4 is 65.0 Å². The van der Waals surface area contributed by atoms with Gasteiger partial charge in [-0.2, -0.15) is 0 Å². The standard InChI is InChI=1S/C56H34N2O/c1-2-14-38(15-3-1)56-57-51(34-52(58-56)49-23-12-22-48-45-21-10-11-24-53(45)59-55(48)49)37-27-25-36(26-28-37)41-31-32-46(44-20-9-8-19-43(41)44)54-42-18-7-5-16-39(42)33-50-40-17-6-4-13-35(40)29-30-47(50)54/h1-34H. The molecule has 2 heterocycles. The van der Waals surface area contributed by atoms with Crippen molar-refractivity contribution in [1.29, 1.82) is 0 Å². The Balaban J connectivity index is 0.995. The summed E-state index contributed by atoms with van der Waals surface area (Å²) < 4.78 is 6.46. The molecule has 0 aliphatic heterocycles. The molecule has 0 saturated carbocycles. The Hall–Kier alpha value is -7.88. The average Bonchev–Trinajstić information content (AvgIpc) is 3.70. The van der Waals surface area contributed by atoms with Gasteiger partial charge in [0.15, 0.2) is 5.82 Å². The molecule has 12 aromatic rings. The van der Waals surface area contributed by atoms with Gasteiger partial charge in [0, 0.05) is 27.5 Å². The van der Waals surface area contributed by atoms with Crippen molar-refractivity contribution in [2.24, 2.45) is 0 Å². The predicted octanol–water partition coefficient (Wildman–Crippen LogP) is 15.3. The van der Waals surface area contributed by atoms with Crippen molar-refractivity contribution in [3.63, 3.8) is 0 Å². The summed E-state index contributed by atoms with van der Waals surface area (Å²) in [6, 6.07) is 73.4. The van der Waals surface area contributed by atoms with Crippen molar-refractivity contribution in [2.75, 3.05) is 0 Å². The zero-order valence-corrected chi connectivity index (χ0v) is 31.9. The van der Waals surface area contributed by atoms with Crippen molar-refractivity contribution < 1.29 is 4.42 Å². The van der Waals surface area contributed by atoms with Crippen LogP contribution in [0.5, 0.6) is 0 Å². The number of nitrogens with zero attached hydrogens (tertiary/aromatic N) is 2. The molecule has 0 N–H and O–H groups in total. The topological polar surface area (TPSA) is 38.9 Å². The maximum atomic E-state index is 6.46. The lowest BCUT2D eigenvalue weighted by molar-refractivity contribution is 0.670. The summed E-state index contributed by atoms with van der Waals surface area (Å²) in [6.07, 6.45) is 0. The van der Waals surface area contributed by atoms with Crippen LogP contribution in [0.15, 0.2) is 211 Å². The van der Waals surface area contributed by atoms with Gasteiger partial charge in [0.25, 0.3) is 0 Å². The fraction of sp³-hybridized carbons (Fsp3) is 0. The smallest absolute Gasteiger partial charge is 0.160 e. The second-order valence-electron chi connectivity index (χ2n) is 15.2. The Morgan fingerprint density at radius 1 is 0.305 bits per heavy atom. The number of rotatable bonds is 5. The number of hydrogen-bond donors (Lipinski definition) is 0. The highest BCUT2D eigenvalue weighted by Crippen LogP contribution is 2.44. The first-order valence-electron chi connectivity index (χ1n) is 20.1. The number of furan rings is 1. The van der Waals surface area contributed by atoms with Crippen LogP contribution in [0, 0.1) is 0 Å². The van der Waals surface area contributed by atoms with Gasteiger partial charge in [0.1, 0.15) is 11.2 Å². The van der Waals surface area contributed by atoms with Crippen LogP contribution >= 0.6 is 0 Å². The number of aromatic nitrogens is 2. The van der Waals surface area contributed by atoms with Crippen molar-refractivity contribution in [3.8, 4) is 56.2 Å². The molecule has 12 rings (SSSR count). The van der Waals surface area contributed by atoms with Crippen LogP contribution in [-0.4, -0.2) is 9.97 Å². The molecule has 0 unspecified atom stereocenters. The quantitative estimate of drug-likeness (QED) is 0.130. The van der Waals surface area contributed by atoms with E-state index in [1.807, 2.05) is 30.3 Å². The zero-order valence-electron chi connectivity index (χ0n) is 31.9. The van der Waals surface area contributed by atoms with E-state index in [-0.39, 0.29) is 0 Å². The normalized spacial score (nSPS) is 11.7. The molecule has 0 aliphatic rings. The molecule has 59 heavy (non-hydrogen) atoms. The molecule has 0 atom stereocenters. The van der Waals surface area contributed by atoms with E-state index in [1.54, 1.807) is 0 Å². The summed E-state index contributed by atoms with van der Waals surface area (Å²) in [5, 5.41) is 12.2. The van der Waals surface area contributed by atoms with E-state index < -0.39 is 0 Å². The summed E-state index contributed by atoms with van der Waals surface area (Å²) >= 11 is 0. The number of fused-ring (bicyclic) bond motifs is 8. The third kappa shape index (κ3) is 5.44. The highest BCUT2D eigenvalue weighted by atomic mass is 16.3. The van der Waals surface area contributed by atoms with Gasteiger partial charge in [0.05, 0.1) is 11.4 Å². The SMILES string of the molecule is c1ccc(-c2nc(-c3ccc(-c4ccc(-c5c6ccccc6cc6c5ccc5ccccc56)c5ccccc45)cc3)cc(-c3cccc4c3oc3ccccc34)n2)cc1. The Kier molecular flexibility index (Phi) is 7.54. The van der Waals surface area contributed by atoms with Crippen LogP contribution in [0.2, 0.25) is 0 Å². The molecule has 0 spiro atoms. The van der Waals surface area contributed by atoms with Crippen molar-refractivity contribution in [1.82, 2.24) is 9.97 Å². The molecule has 274 valence electrons. The van der Waals surface area contributed by atoms with Crippen LogP contribution in [0.3, 0.4) is 0 Å². The number of benzene rings is 10. The molecular weight excluding hydrogens is 717 g/mol. The van der Waals surface area contributed by atoms with E-state index in [9.17, 15) is 0 Å². The van der Waals surface area contributed by atoms with Crippen LogP contribution in [0.4, 0.5) is 0 Å². The molecule has 3 nitrogen and oxygen atoms in total. The van der Waals surface area contributed by atoms with Gasteiger partial charge >= 0.3 is 0 Å². The number of para-hydroxylation sites is 2. The third-order valence-corrected chi connectivity index (χ3v) is 11.9. The highest BCUT2D eigenvalue weighted by Gasteiger charge is 2.19. The minimum Gasteiger partial charge on any atom is -0.455 e. The first-order valence-corrected chi connectivity index (χ1v) is 20.1. The predicted molar refractivity (Wildman–Crippen MR) is 247 cm³/mol. The van der Waals surface area contributed by atoms with Gasteiger partial charge < -0.3 is 4.42 Å². The van der Waals surface area contributed by atoms with Crippen LogP contribution in [0.25, 0.3) is 121 Å². The van der Waals surface area contributed by atoms with Crippen LogP contribution in [0.1, 0.15) is 0 Å². The Bertz CT molecular complexity index is 3600. The molecule has 0 saturated heterocycles. The second-order valence-corrected chi connectivity index (χ2v) is 15.2.